The molecule has 0 aliphatic rings. The number of rotatable bonds is 4. The van der Waals surface area contributed by atoms with E-state index in [0.717, 1.165) is 0 Å². The maximum absolute atomic E-state index is 10.6. The number of nitrogens with zero attached hydrogens (tertiary/aromatic N) is 1. The highest BCUT2D eigenvalue weighted by Gasteiger charge is 2.15. The smallest absolute Gasteiger partial charge is 0.272 e. The molecule has 1 aromatic carbocycles. The Kier molecular flexibility index (Phi) is 4.62. The quantitative estimate of drug-likeness (QED) is 0.516. The number of halogens is 2. The second kappa shape index (κ2) is 5.76. The Bertz CT molecular complexity index is 460. The zero-order valence-electron chi connectivity index (χ0n) is 9.04. The lowest BCUT2D eigenvalue weighted by atomic mass is 10.2. The Balaban J connectivity index is 3.02. The molecule has 1 aromatic rings. The Morgan fingerprint density at radius 1 is 1.53 bits per heavy atom. The van der Waals surface area contributed by atoms with Crippen molar-refractivity contribution in [1.82, 2.24) is 0 Å². The Morgan fingerprint density at radius 2 is 2.06 bits per heavy atom. The topological polar surface area (TPSA) is 55.2 Å². The maximum Gasteiger partial charge on any atom is 0.272 e. The van der Waals surface area contributed by atoms with Crippen molar-refractivity contribution < 1.29 is 4.92 Å². The predicted molar refractivity (Wildman–Crippen MR) is 69.7 cm³/mol. The van der Waals surface area contributed by atoms with Crippen LogP contribution in [0.2, 0.25) is 10.0 Å². The summed E-state index contributed by atoms with van der Waals surface area (Å²) in [6, 6.07) is 2.48. The molecular formula is C11H10Cl2N2O2. The van der Waals surface area contributed by atoms with E-state index in [1.165, 1.54) is 12.1 Å². The van der Waals surface area contributed by atoms with Gasteiger partial charge < -0.3 is 5.32 Å². The standard InChI is InChI=1S/C11H10Cl2N2O2/c1-3-4-7(2)14-11-9(12)5-8(15(16)17)6-10(11)13/h1,5-7,14H,4H2,2H3. The van der Waals surface area contributed by atoms with E-state index in [1.807, 2.05) is 6.92 Å². The van der Waals surface area contributed by atoms with Crippen molar-refractivity contribution in [2.24, 2.45) is 0 Å². The van der Waals surface area contributed by atoms with Crippen LogP contribution < -0.4 is 5.32 Å². The molecule has 0 aliphatic carbocycles. The van der Waals surface area contributed by atoms with Gasteiger partial charge in [0, 0.05) is 24.6 Å². The van der Waals surface area contributed by atoms with E-state index in [-0.39, 0.29) is 21.8 Å². The SMILES string of the molecule is C#CCC(C)Nc1c(Cl)cc([N+](=O)[O-])cc1Cl. The van der Waals surface area contributed by atoms with E-state index in [0.29, 0.717) is 12.1 Å². The number of non-ortho nitro benzene ring substituents is 1. The minimum atomic E-state index is -0.549. The first-order valence-corrected chi connectivity index (χ1v) is 5.54. The van der Waals surface area contributed by atoms with E-state index < -0.39 is 4.92 Å². The van der Waals surface area contributed by atoms with Crippen molar-refractivity contribution in [3.8, 4) is 12.3 Å². The molecule has 0 bridgehead atoms. The van der Waals surface area contributed by atoms with E-state index in [2.05, 4.69) is 11.2 Å². The Labute approximate surface area is 109 Å². The average Bonchev–Trinajstić information content (AvgIpc) is 2.23. The molecule has 0 aromatic heterocycles. The van der Waals surface area contributed by atoms with E-state index in [1.54, 1.807) is 0 Å². The van der Waals surface area contributed by atoms with Crippen LogP contribution in [-0.4, -0.2) is 11.0 Å². The lowest BCUT2D eigenvalue weighted by molar-refractivity contribution is -0.384. The highest BCUT2D eigenvalue weighted by Crippen LogP contribution is 2.35. The lowest BCUT2D eigenvalue weighted by Crippen LogP contribution is -2.14. The van der Waals surface area contributed by atoms with Gasteiger partial charge in [0.15, 0.2) is 0 Å². The summed E-state index contributed by atoms with van der Waals surface area (Å²) < 4.78 is 0. The average molecular weight is 273 g/mol. The maximum atomic E-state index is 10.6. The Hall–Kier alpha value is -1.44. The van der Waals surface area contributed by atoms with Crippen molar-refractivity contribution in [3.63, 3.8) is 0 Å². The fourth-order valence-electron chi connectivity index (χ4n) is 1.28. The molecule has 0 radical (unpaired) electrons. The molecule has 0 heterocycles. The van der Waals surface area contributed by atoms with Crippen molar-refractivity contribution >= 4 is 34.6 Å². The van der Waals surface area contributed by atoms with Crippen molar-refractivity contribution in [2.45, 2.75) is 19.4 Å². The van der Waals surface area contributed by atoms with Gasteiger partial charge in [-0.25, -0.2) is 0 Å². The fraction of sp³-hybridized carbons (Fsp3) is 0.273. The van der Waals surface area contributed by atoms with Crippen LogP contribution in [0.3, 0.4) is 0 Å². The van der Waals surface area contributed by atoms with Gasteiger partial charge in [-0.3, -0.25) is 10.1 Å². The van der Waals surface area contributed by atoms with Gasteiger partial charge >= 0.3 is 0 Å². The number of nitro benzene ring substituents is 1. The number of nitrogens with one attached hydrogen (secondary N) is 1. The number of hydrogen-bond donors (Lipinski definition) is 1. The van der Waals surface area contributed by atoms with Crippen LogP contribution in [0.4, 0.5) is 11.4 Å². The summed E-state index contributed by atoms with van der Waals surface area (Å²) in [4.78, 5) is 10.0. The molecule has 17 heavy (non-hydrogen) atoms. The monoisotopic (exact) mass is 272 g/mol. The van der Waals surface area contributed by atoms with Gasteiger partial charge in [0.2, 0.25) is 0 Å². The van der Waals surface area contributed by atoms with E-state index in [4.69, 9.17) is 29.6 Å². The number of hydrogen-bond acceptors (Lipinski definition) is 3. The first-order valence-electron chi connectivity index (χ1n) is 4.79. The van der Waals surface area contributed by atoms with Crippen LogP contribution in [0.15, 0.2) is 12.1 Å². The zero-order valence-corrected chi connectivity index (χ0v) is 10.5. The summed E-state index contributed by atoms with van der Waals surface area (Å²) in [5.41, 5.74) is 0.317. The molecule has 0 spiro atoms. The molecule has 6 heteroatoms. The molecule has 0 fully saturated rings. The second-order valence-corrected chi connectivity index (χ2v) is 4.31. The molecule has 0 saturated heterocycles. The highest BCUT2D eigenvalue weighted by atomic mass is 35.5. The van der Waals surface area contributed by atoms with Crippen LogP contribution in [0.25, 0.3) is 0 Å². The molecule has 90 valence electrons. The summed E-state index contributed by atoms with van der Waals surface area (Å²) >= 11 is 11.8. The minimum absolute atomic E-state index is 0.0172. The normalized spacial score (nSPS) is 11.6. The largest absolute Gasteiger partial charge is 0.379 e. The van der Waals surface area contributed by atoms with Gasteiger partial charge in [0.05, 0.1) is 20.7 Å². The zero-order chi connectivity index (χ0) is 13.0. The molecule has 1 rings (SSSR count). The van der Waals surface area contributed by atoms with Gasteiger partial charge in [-0.05, 0) is 6.92 Å². The lowest BCUT2D eigenvalue weighted by Gasteiger charge is -2.15. The third-order valence-corrected chi connectivity index (χ3v) is 2.65. The molecule has 1 N–H and O–H groups in total. The van der Waals surface area contributed by atoms with Gasteiger partial charge in [-0.2, -0.15) is 0 Å². The molecule has 4 nitrogen and oxygen atoms in total. The van der Waals surface area contributed by atoms with Crippen LogP contribution in [-0.2, 0) is 0 Å². The third-order valence-electron chi connectivity index (χ3n) is 2.05. The summed E-state index contributed by atoms with van der Waals surface area (Å²) in [5.74, 6) is 2.50. The van der Waals surface area contributed by atoms with Gasteiger partial charge in [0.25, 0.3) is 5.69 Å². The molecule has 0 aliphatic heterocycles. The molecular weight excluding hydrogens is 263 g/mol. The van der Waals surface area contributed by atoms with Crippen LogP contribution in [0.5, 0.6) is 0 Å². The van der Waals surface area contributed by atoms with Crippen LogP contribution in [0.1, 0.15) is 13.3 Å². The number of anilines is 1. The summed E-state index contributed by atoms with van der Waals surface area (Å²) in [6.45, 7) is 1.87. The van der Waals surface area contributed by atoms with Crippen LogP contribution in [0, 0.1) is 22.5 Å². The fourth-order valence-corrected chi connectivity index (χ4v) is 1.86. The van der Waals surface area contributed by atoms with E-state index >= 15 is 0 Å². The van der Waals surface area contributed by atoms with E-state index in [9.17, 15) is 10.1 Å². The number of terminal acetylenes is 1. The number of benzene rings is 1. The molecule has 1 atom stereocenters. The second-order valence-electron chi connectivity index (χ2n) is 3.50. The third kappa shape index (κ3) is 3.52. The summed E-state index contributed by atoms with van der Waals surface area (Å²) in [5, 5.41) is 14.0. The van der Waals surface area contributed by atoms with Gasteiger partial charge in [-0.1, -0.05) is 23.2 Å². The van der Waals surface area contributed by atoms with Crippen LogP contribution >= 0.6 is 23.2 Å². The molecule has 1 unspecified atom stereocenters. The Morgan fingerprint density at radius 3 is 2.47 bits per heavy atom. The minimum Gasteiger partial charge on any atom is -0.379 e. The van der Waals surface area contributed by atoms with Crippen molar-refractivity contribution in [2.75, 3.05) is 5.32 Å². The first kappa shape index (κ1) is 13.6. The molecule has 0 amide bonds. The van der Waals surface area contributed by atoms with Crippen molar-refractivity contribution in [1.29, 1.82) is 0 Å². The summed E-state index contributed by atoms with van der Waals surface area (Å²) in [6.07, 6.45) is 5.68. The summed E-state index contributed by atoms with van der Waals surface area (Å²) in [7, 11) is 0. The number of nitro groups is 1. The van der Waals surface area contributed by atoms with Gasteiger partial charge in [-0.15, -0.1) is 12.3 Å². The predicted octanol–water partition coefficient (Wildman–Crippen LogP) is 3.73. The first-order chi connectivity index (χ1) is 7.95. The highest BCUT2D eigenvalue weighted by molar-refractivity contribution is 6.39. The van der Waals surface area contributed by atoms with Crippen molar-refractivity contribution in [3.05, 3.63) is 32.3 Å². The van der Waals surface area contributed by atoms with Gasteiger partial charge in [0.1, 0.15) is 0 Å². The molecule has 0 saturated carbocycles.